The van der Waals surface area contributed by atoms with Gasteiger partial charge in [0.25, 0.3) is 5.92 Å². The number of hydrogen-bond acceptors (Lipinski definition) is 3. The Kier molecular flexibility index (Phi) is 6.10. The highest BCUT2D eigenvalue weighted by molar-refractivity contribution is 5.69. The zero-order chi connectivity index (χ0) is 19.6. The van der Waals surface area contributed by atoms with Crippen LogP contribution in [0.5, 0.6) is 0 Å². The summed E-state index contributed by atoms with van der Waals surface area (Å²) in [6.07, 6.45) is -6.61. The van der Waals surface area contributed by atoms with Crippen LogP contribution in [0.15, 0.2) is 24.3 Å². The van der Waals surface area contributed by atoms with Crippen LogP contribution < -0.4 is 5.32 Å². The SMILES string of the molecule is CC(C)(C)OC(=O)N[C@](C)(c1ccccc1F)[C@@H](F)[C@H](O)C(C)(F)F. The van der Waals surface area contributed by atoms with E-state index >= 15 is 0 Å². The number of rotatable bonds is 5. The van der Waals surface area contributed by atoms with Gasteiger partial charge in [0.15, 0.2) is 12.3 Å². The summed E-state index contributed by atoms with van der Waals surface area (Å²) in [5.41, 5.74) is -3.62. The molecule has 0 unspecified atom stereocenters. The maximum absolute atomic E-state index is 14.8. The predicted octanol–water partition coefficient (Wildman–Crippen LogP) is 3.92. The minimum Gasteiger partial charge on any atom is -0.444 e. The summed E-state index contributed by atoms with van der Waals surface area (Å²) >= 11 is 0. The number of alkyl halides is 3. The highest BCUT2D eigenvalue weighted by Gasteiger charge is 2.51. The second-order valence-electron chi connectivity index (χ2n) is 7.11. The molecule has 1 amide bonds. The van der Waals surface area contributed by atoms with Crippen molar-refractivity contribution in [1.82, 2.24) is 5.32 Å². The fourth-order valence-corrected chi connectivity index (χ4v) is 2.26. The molecule has 1 aromatic rings. The molecule has 25 heavy (non-hydrogen) atoms. The number of ether oxygens (including phenoxy) is 1. The monoisotopic (exact) mass is 365 g/mol. The van der Waals surface area contributed by atoms with Crippen molar-refractivity contribution in [3.05, 3.63) is 35.6 Å². The molecule has 0 saturated carbocycles. The Morgan fingerprint density at radius 1 is 1.16 bits per heavy atom. The van der Waals surface area contributed by atoms with Crippen LogP contribution in [0.2, 0.25) is 0 Å². The zero-order valence-corrected chi connectivity index (χ0v) is 14.7. The number of amides is 1. The average Bonchev–Trinajstić information content (AvgIpc) is 2.42. The molecule has 0 radical (unpaired) electrons. The van der Waals surface area contributed by atoms with Crippen molar-refractivity contribution in [2.24, 2.45) is 0 Å². The van der Waals surface area contributed by atoms with Gasteiger partial charge in [0.1, 0.15) is 17.0 Å². The van der Waals surface area contributed by atoms with Gasteiger partial charge >= 0.3 is 6.09 Å². The Hall–Kier alpha value is -1.83. The van der Waals surface area contributed by atoms with Crippen molar-refractivity contribution >= 4 is 6.09 Å². The molecule has 0 aliphatic carbocycles. The molecule has 8 heteroatoms. The summed E-state index contributed by atoms with van der Waals surface area (Å²) in [5.74, 6) is -4.73. The zero-order valence-electron chi connectivity index (χ0n) is 14.7. The maximum Gasteiger partial charge on any atom is 0.408 e. The van der Waals surface area contributed by atoms with E-state index in [1.807, 2.05) is 0 Å². The van der Waals surface area contributed by atoms with Gasteiger partial charge in [0.2, 0.25) is 0 Å². The van der Waals surface area contributed by atoms with Gasteiger partial charge in [-0.15, -0.1) is 0 Å². The molecule has 0 fully saturated rings. The van der Waals surface area contributed by atoms with Gasteiger partial charge in [0, 0.05) is 12.5 Å². The molecule has 0 aliphatic heterocycles. The number of benzene rings is 1. The third-order valence-electron chi connectivity index (χ3n) is 3.54. The summed E-state index contributed by atoms with van der Waals surface area (Å²) < 4.78 is 60.8. The topological polar surface area (TPSA) is 58.6 Å². The first-order valence-corrected chi connectivity index (χ1v) is 7.64. The standard InChI is InChI=1S/C17H23F4NO3/c1-15(2,3)25-14(24)22-16(4,10-8-6-7-9-11(10)18)12(19)13(23)17(5,20)21/h6-9,12-13,23H,1-5H3,(H,22,24)/t12-,13-,16+/m0/s1. The first-order valence-electron chi connectivity index (χ1n) is 7.64. The van der Waals surface area contributed by atoms with Crippen LogP contribution in [0.25, 0.3) is 0 Å². The second kappa shape index (κ2) is 7.19. The largest absolute Gasteiger partial charge is 0.444 e. The van der Waals surface area contributed by atoms with Crippen molar-refractivity contribution in [2.45, 2.75) is 64.0 Å². The van der Waals surface area contributed by atoms with E-state index in [0.29, 0.717) is 6.92 Å². The van der Waals surface area contributed by atoms with E-state index in [-0.39, 0.29) is 0 Å². The molecule has 4 nitrogen and oxygen atoms in total. The Morgan fingerprint density at radius 2 is 1.68 bits per heavy atom. The number of carbonyl (C=O) groups excluding carboxylic acids is 1. The Balaban J connectivity index is 3.32. The highest BCUT2D eigenvalue weighted by Crippen LogP contribution is 2.35. The molecular weight excluding hydrogens is 342 g/mol. The van der Waals surface area contributed by atoms with Crippen molar-refractivity contribution in [1.29, 1.82) is 0 Å². The smallest absolute Gasteiger partial charge is 0.408 e. The minimum absolute atomic E-state index is 0.333. The lowest BCUT2D eigenvalue weighted by Gasteiger charge is -2.38. The summed E-state index contributed by atoms with van der Waals surface area (Å²) in [7, 11) is 0. The lowest BCUT2D eigenvalue weighted by Crippen LogP contribution is -2.58. The van der Waals surface area contributed by atoms with Gasteiger partial charge in [-0.05, 0) is 33.8 Å². The molecule has 142 valence electrons. The van der Waals surface area contributed by atoms with Crippen molar-refractivity contribution in [3.63, 3.8) is 0 Å². The molecule has 1 rings (SSSR count). The van der Waals surface area contributed by atoms with E-state index in [1.54, 1.807) is 20.8 Å². The van der Waals surface area contributed by atoms with Gasteiger partial charge in [-0.1, -0.05) is 18.2 Å². The highest BCUT2D eigenvalue weighted by atomic mass is 19.3. The van der Waals surface area contributed by atoms with E-state index in [2.05, 4.69) is 5.32 Å². The van der Waals surface area contributed by atoms with Gasteiger partial charge in [-0.3, -0.25) is 0 Å². The molecule has 0 spiro atoms. The Morgan fingerprint density at radius 3 is 2.12 bits per heavy atom. The van der Waals surface area contributed by atoms with Crippen LogP contribution >= 0.6 is 0 Å². The normalized spacial score (nSPS) is 17.4. The van der Waals surface area contributed by atoms with E-state index in [9.17, 15) is 27.5 Å². The fraction of sp³-hybridized carbons (Fsp3) is 0.588. The van der Waals surface area contributed by atoms with E-state index < -0.39 is 46.8 Å². The molecule has 0 heterocycles. The summed E-state index contributed by atoms with van der Waals surface area (Å²) in [4.78, 5) is 12.0. The number of halogens is 4. The number of nitrogens with one attached hydrogen (secondary N) is 1. The van der Waals surface area contributed by atoms with E-state index in [4.69, 9.17) is 4.74 Å². The summed E-state index contributed by atoms with van der Waals surface area (Å²) in [6, 6.07) is 4.81. The van der Waals surface area contributed by atoms with Crippen molar-refractivity contribution < 1.29 is 32.2 Å². The van der Waals surface area contributed by atoms with E-state index in [1.165, 1.54) is 12.1 Å². The molecule has 2 N–H and O–H groups in total. The third-order valence-corrected chi connectivity index (χ3v) is 3.54. The lowest BCUT2D eigenvalue weighted by molar-refractivity contribution is -0.139. The molecule has 0 saturated heterocycles. The maximum atomic E-state index is 14.8. The summed E-state index contributed by atoms with van der Waals surface area (Å²) in [6.45, 7) is 5.99. The fourth-order valence-electron chi connectivity index (χ4n) is 2.26. The van der Waals surface area contributed by atoms with Crippen LogP contribution in [0.4, 0.5) is 22.4 Å². The van der Waals surface area contributed by atoms with E-state index in [0.717, 1.165) is 19.1 Å². The quantitative estimate of drug-likeness (QED) is 0.778. The molecule has 3 atom stereocenters. The van der Waals surface area contributed by atoms with Crippen LogP contribution in [0.3, 0.4) is 0 Å². The van der Waals surface area contributed by atoms with Crippen LogP contribution in [0.1, 0.15) is 40.2 Å². The molecule has 0 aliphatic rings. The van der Waals surface area contributed by atoms with Gasteiger partial charge < -0.3 is 15.2 Å². The van der Waals surface area contributed by atoms with Crippen LogP contribution in [-0.4, -0.2) is 35.0 Å². The number of carbonyl (C=O) groups is 1. The van der Waals surface area contributed by atoms with Crippen molar-refractivity contribution in [3.8, 4) is 0 Å². The second-order valence-corrected chi connectivity index (χ2v) is 7.11. The molecule has 1 aromatic carbocycles. The van der Waals surface area contributed by atoms with Gasteiger partial charge in [0.05, 0.1) is 0 Å². The van der Waals surface area contributed by atoms with Gasteiger partial charge in [-0.2, -0.15) is 0 Å². The molecule has 0 aromatic heterocycles. The number of aliphatic hydroxyl groups excluding tert-OH is 1. The van der Waals surface area contributed by atoms with Gasteiger partial charge in [-0.25, -0.2) is 22.4 Å². The summed E-state index contributed by atoms with van der Waals surface area (Å²) in [5, 5.41) is 11.7. The Bertz CT molecular complexity index is 613. The predicted molar refractivity (Wildman–Crippen MR) is 84.6 cm³/mol. The minimum atomic E-state index is -3.80. The average molecular weight is 365 g/mol. The Labute approximate surface area is 144 Å². The number of aliphatic hydroxyl groups is 1. The molecule has 0 bridgehead atoms. The van der Waals surface area contributed by atoms with Crippen LogP contribution in [0, 0.1) is 5.82 Å². The molecular formula is C17H23F4NO3. The number of alkyl carbamates (subject to hydrolysis) is 1. The lowest BCUT2D eigenvalue weighted by atomic mass is 9.83. The first kappa shape index (κ1) is 21.2. The van der Waals surface area contributed by atoms with Crippen molar-refractivity contribution in [2.75, 3.05) is 0 Å². The third kappa shape index (κ3) is 5.32. The number of hydrogen-bond donors (Lipinski definition) is 2. The van der Waals surface area contributed by atoms with Crippen LogP contribution in [-0.2, 0) is 10.3 Å². The first-order chi connectivity index (χ1) is 11.2.